The van der Waals surface area contributed by atoms with Crippen molar-refractivity contribution in [1.82, 2.24) is 0 Å². The van der Waals surface area contributed by atoms with Crippen LogP contribution >= 0.6 is 0 Å². The molecule has 4 saturated heterocycles. The summed E-state index contributed by atoms with van der Waals surface area (Å²) in [6.45, 7) is 5.93. The Morgan fingerprint density at radius 1 is 0.978 bits per heavy atom. The van der Waals surface area contributed by atoms with Crippen LogP contribution in [0, 0.1) is 45.3 Å². The van der Waals surface area contributed by atoms with Gasteiger partial charge in [0, 0.05) is 28.4 Å². The molecule has 12 atom stereocenters. The smallest absolute Gasteiger partial charge is 0.339 e. The Labute approximate surface area is 262 Å². The number of fused-ring (bicyclic) bond motifs is 2. The molecule has 2 N–H and O–H groups in total. The fourth-order valence-corrected chi connectivity index (χ4v) is 13.3. The van der Waals surface area contributed by atoms with Crippen molar-refractivity contribution in [3.8, 4) is 0 Å². The van der Waals surface area contributed by atoms with Crippen LogP contribution in [0.1, 0.15) is 90.2 Å². The first-order valence-corrected chi connectivity index (χ1v) is 17.0. The number of hydrogen-bond acceptors (Lipinski definition) is 10. The highest BCUT2D eigenvalue weighted by atomic mass is 16.7. The Bertz CT molecular complexity index is 1460. The van der Waals surface area contributed by atoms with Crippen LogP contribution in [-0.4, -0.2) is 70.7 Å². The molecule has 0 aromatic carbocycles. The van der Waals surface area contributed by atoms with E-state index in [9.17, 15) is 19.8 Å². The summed E-state index contributed by atoms with van der Waals surface area (Å²) < 4.78 is 31.6. The highest BCUT2D eigenvalue weighted by Crippen LogP contribution is 2.83. The summed E-state index contributed by atoms with van der Waals surface area (Å²) in [5.74, 6) is -2.23. The quantitative estimate of drug-likeness (QED) is 0.378. The zero-order valence-electron chi connectivity index (χ0n) is 26.3. The van der Waals surface area contributed by atoms with E-state index < -0.39 is 69.2 Å². The fourth-order valence-electron chi connectivity index (χ4n) is 13.3. The zero-order valence-corrected chi connectivity index (χ0v) is 26.3. The number of carbonyl (C=O) groups is 3. The molecule has 4 aliphatic carbocycles. The summed E-state index contributed by atoms with van der Waals surface area (Å²) in [5, 5.41) is 23.0. The lowest BCUT2D eigenvalue weighted by atomic mass is 9.32. The monoisotopic (exact) mass is 624 g/mol. The number of rotatable bonds is 3. The number of furan rings is 1. The first-order valence-electron chi connectivity index (χ1n) is 17.0. The van der Waals surface area contributed by atoms with Gasteiger partial charge in [-0.05, 0) is 82.6 Å². The van der Waals surface area contributed by atoms with Gasteiger partial charge in [0.05, 0.1) is 35.6 Å². The number of ether oxygens (including phenoxy) is 4. The summed E-state index contributed by atoms with van der Waals surface area (Å²) in [4.78, 5) is 42.8. The van der Waals surface area contributed by atoms with Crippen LogP contribution in [0.3, 0.4) is 0 Å². The molecule has 4 aliphatic heterocycles. The Morgan fingerprint density at radius 3 is 2.44 bits per heavy atom. The molecule has 0 amide bonds. The number of esters is 2. The molecule has 8 fully saturated rings. The van der Waals surface area contributed by atoms with Crippen molar-refractivity contribution in [1.29, 1.82) is 0 Å². The molecule has 4 saturated carbocycles. The van der Waals surface area contributed by atoms with Crippen molar-refractivity contribution >= 4 is 17.7 Å². The van der Waals surface area contributed by atoms with Crippen LogP contribution < -0.4 is 0 Å². The lowest BCUT2D eigenvalue weighted by Gasteiger charge is -2.70. The second kappa shape index (κ2) is 8.79. The molecule has 1 aromatic heterocycles. The highest BCUT2D eigenvalue weighted by molar-refractivity contribution is 5.92. The lowest BCUT2D eigenvalue weighted by Crippen LogP contribution is -2.79. The maximum absolute atomic E-state index is 15.1. The summed E-state index contributed by atoms with van der Waals surface area (Å²) in [6, 6.07) is 1.82. The van der Waals surface area contributed by atoms with E-state index in [2.05, 4.69) is 6.92 Å². The summed E-state index contributed by atoms with van der Waals surface area (Å²) in [5.41, 5.74) is -5.15. The third kappa shape index (κ3) is 2.98. The minimum Gasteiger partial charge on any atom is -0.472 e. The van der Waals surface area contributed by atoms with Crippen molar-refractivity contribution in [3.05, 3.63) is 24.2 Å². The van der Waals surface area contributed by atoms with Gasteiger partial charge in [-0.3, -0.25) is 9.59 Å². The van der Waals surface area contributed by atoms with Gasteiger partial charge < -0.3 is 33.6 Å². The minimum atomic E-state index is -1.38. The third-order valence-electron chi connectivity index (χ3n) is 14.6. The molecular formula is C35H44O10. The normalized spacial score (nSPS) is 52.8. The molecule has 0 bridgehead atoms. The molecule has 0 unspecified atom stereocenters. The number of aliphatic hydroxyl groups excluding tert-OH is 2. The van der Waals surface area contributed by atoms with Crippen LogP contribution in [-0.2, 0) is 33.3 Å². The average Bonchev–Trinajstić information content (AvgIpc) is 3.53. The van der Waals surface area contributed by atoms with Crippen molar-refractivity contribution < 1.29 is 48.0 Å². The van der Waals surface area contributed by atoms with Gasteiger partial charge >= 0.3 is 11.9 Å². The molecule has 8 aliphatic rings. The van der Waals surface area contributed by atoms with Gasteiger partial charge in [0.2, 0.25) is 0 Å². The second-order valence-electron chi connectivity index (χ2n) is 16.5. The van der Waals surface area contributed by atoms with Crippen LogP contribution in [0.2, 0.25) is 0 Å². The molecule has 45 heavy (non-hydrogen) atoms. The molecule has 1 aromatic rings. The first-order chi connectivity index (χ1) is 21.5. The van der Waals surface area contributed by atoms with E-state index in [-0.39, 0.29) is 42.7 Å². The van der Waals surface area contributed by atoms with Crippen molar-refractivity contribution in [2.75, 3.05) is 13.2 Å². The second-order valence-corrected chi connectivity index (χ2v) is 16.5. The van der Waals surface area contributed by atoms with Crippen molar-refractivity contribution in [2.45, 2.75) is 114 Å². The maximum atomic E-state index is 15.1. The molecule has 10 heteroatoms. The maximum Gasteiger partial charge on any atom is 0.339 e. The van der Waals surface area contributed by atoms with Gasteiger partial charge in [-0.25, -0.2) is 4.79 Å². The van der Waals surface area contributed by atoms with Gasteiger partial charge in [-0.2, -0.15) is 0 Å². The van der Waals surface area contributed by atoms with Crippen LogP contribution in [0.15, 0.2) is 23.0 Å². The van der Waals surface area contributed by atoms with E-state index in [0.29, 0.717) is 32.1 Å². The van der Waals surface area contributed by atoms with Crippen LogP contribution in [0.5, 0.6) is 0 Å². The largest absolute Gasteiger partial charge is 0.472 e. The number of cyclic esters (lactones) is 2. The number of Topliss-reactive ketones (excluding diaryl/α,β-unsaturated/α-hetero) is 1. The summed E-state index contributed by atoms with van der Waals surface area (Å²) in [7, 11) is 0. The van der Waals surface area contributed by atoms with E-state index in [1.54, 1.807) is 12.5 Å². The number of carbonyl (C=O) groups excluding carboxylic acids is 3. The average molecular weight is 625 g/mol. The Balaban J connectivity index is 1.30. The third-order valence-corrected chi connectivity index (χ3v) is 14.6. The molecule has 0 radical (unpaired) electrons. The predicted octanol–water partition coefficient (Wildman–Crippen LogP) is 3.67. The van der Waals surface area contributed by atoms with E-state index in [0.717, 1.165) is 31.2 Å². The van der Waals surface area contributed by atoms with Gasteiger partial charge in [0.25, 0.3) is 0 Å². The molecule has 5 heterocycles. The Morgan fingerprint density at radius 2 is 1.76 bits per heavy atom. The van der Waals surface area contributed by atoms with Crippen LogP contribution in [0.4, 0.5) is 0 Å². The van der Waals surface area contributed by atoms with Gasteiger partial charge in [0.15, 0.2) is 11.9 Å². The van der Waals surface area contributed by atoms with E-state index in [1.807, 2.05) is 19.9 Å². The fraction of sp³-hybridized carbons (Fsp3) is 0.800. The van der Waals surface area contributed by atoms with E-state index >= 15 is 4.79 Å². The number of aliphatic hydroxyl groups is 2. The first kappa shape index (κ1) is 28.9. The minimum absolute atomic E-state index is 0.0246. The van der Waals surface area contributed by atoms with Gasteiger partial charge in [0.1, 0.15) is 24.4 Å². The Hall–Kier alpha value is -2.27. The molecule has 10 nitrogen and oxygen atoms in total. The molecule has 3 spiro atoms. The zero-order chi connectivity index (χ0) is 31.4. The summed E-state index contributed by atoms with van der Waals surface area (Å²) in [6.07, 6.45) is 6.04. The van der Waals surface area contributed by atoms with Gasteiger partial charge in [-0.15, -0.1) is 0 Å². The number of ketones is 1. The van der Waals surface area contributed by atoms with Crippen LogP contribution in [0.25, 0.3) is 0 Å². The van der Waals surface area contributed by atoms with Gasteiger partial charge in [-0.1, -0.05) is 19.8 Å². The topological polar surface area (TPSA) is 145 Å². The van der Waals surface area contributed by atoms with Crippen molar-refractivity contribution in [2.24, 2.45) is 45.3 Å². The lowest BCUT2D eigenvalue weighted by molar-refractivity contribution is -0.282. The highest BCUT2D eigenvalue weighted by Gasteiger charge is 2.93. The number of hydrogen-bond donors (Lipinski definition) is 2. The molecule has 244 valence electrons. The van der Waals surface area contributed by atoms with Crippen molar-refractivity contribution in [3.63, 3.8) is 0 Å². The van der Waals surface area contributed by atoms with E-state index in [4.69, 9.17) is 23.4 Å². The SMILES string of the molecule is CC1(C)O[C@H]2[C@@]3(CC[C@@H](CO)C3)C(=O)OC[C@@]23[C@@H]1C(=O)[C@@H](O)[C@]1(C2CCCC2)[C@@H]3CC[C@@]2(C)[C@H](c3ccoc3)OC(=O)[C@H]3O[C@@]312. The molecule has 9 rings (SSSR count). The van der Waals surface area contributed by atoms with E-state index in [1.165, 1.54) is 0 Å². The number of epoxide rings is 1. The predicted molar refractivity (Wildman–Crippen MR) is 154 cm³/mol. The summed E-state index contributed by atoms with van der Waals surface area (Å²) >= 11 is 0. The molecular weight excluding hydrogens is 580 g/mol. The standard InChI is InChI=1S/C35H44O10/c1-30(2)23-22(37)24(38)34(20-6-4-5-7-20)21(33(23)17-42-29(40)32(28(33)45-30)12-8-18(14-32)15-36)9-11-31(3)25(19-10-13-41-16-19)43-27(39)26-35(31,34)44-26/h10,13,16,18,20-21,23-26,28,36,38H,4-9,11-12,14-15,17H2,1-3H3/t18-,21-,23-,24-,25+,26-,28+,31+,32+,33-,34+,35-/m1/s1. The Kier molecular flexibility index (Phi) is 5.65.